The summed E-state index contributed by atoms with van der Waals surface area (Å²) in [6.07, 6.45) is 0.875. The zero-order chi connectivity index (χ0) is 6.99. The molecule has 0 heterocycles. The third-order valence-electron chi connectivity index (χ3n) is 0.224. The van der Waals surface area contributed by atoms with E-state index in [1.165, 1.54) is 0 Å². The van der Waals surface area contributed by atoms with E-state index in [2.05, 4.69) is 19.6 Å². The van der Waals surface area contributed by atoms with Crippen LogP contribution in [0.3, 0.4) is 0 Å². The Morgan fingerprint density at radius 2 is 1.30 bits per heavy atom. The van der Waals surface area contributed by atoms with Crippen LogP contribution in [0, 0.1) is 7.43 Å². The molecule has 0 saturated carbocycles. The molecule has 0 rings (SSSR count). The largest absolute Gasteiger partial charge is 2.00 e. The molecule has 0 aliphatic rings. The van der Waals surface area contributed by atoms with Crippen LogP contribution < -0.4 is 0 Å². The zero-order valence-electron chi connectivity index (χ0n) is 8.07. The molecule has 0 aliphatic heterocycles. The molecule has 0 unspecified atom stereocenters. The maximum absolute atomic E-state index is 7.88. The second-order valence-corrected chi connectivity index (χ2v) is 5.22. The molecule has 0 atom stereocenters. The minimum atomic E-state index is 0. The Morgan fingerprint density at radius 1 is 1.20 bits per heavy atom. The summed E-state index contributed by atoms with van der Waals surface area (Å²) in [6.45, 7) is 9.06. The topological polar surface area (TPSA) is 20.2 Å². The van der Waals surface area contributed by atoms with Crippen LogP contribution >= 0.6 is 0 Å². The Balaban J connectivity index is -0.0000000300. The van der Waals surface area contributed by atoms with Gasteiger partial charge in [-0.25, -0.2) is 0 Å². The van der Waals surface area contributed by atoms with Crippen LogP contribution in [-0.4, -0.2) is 43.6 Å². The van der Waals surface area contributed by atoms with Crippen molar-refractivity contribution in [3.8, 4) is 0 Å². The van der Waals surface area contributed by atoms with Gasteiger partial charge >= 0.3 is 23.1 Å². The number of hydrogen-bond acceptors (Lipinski definition) is 1. The van der Waals surface area contributed by atoms with Crippen LogP contribution in [-0.2, 0) is 0 Å². The van der Waals surface area contributed by atoms with Crippen LogP contribution in [0.4, 0.5) is 0 Å². The van der Waals surface area contributed by atoms with Gasteiger partial charge in [-0.1, -0.05) is 6.92 Å². The maximum atomic E-state index is 7.88. The Morgan fingerprint density at radius 3 is 1.30 bits per heavy atom. The van der Waals surface area contributed by atoms with E-state index < -0.39 is 0 Å². The molecule has 10 heavy (non-hydrogen) atoms. The zero-order valence-corrected chi connectivity index (χ0v) is 10.5. The smallest absolute Gasteiger partial charge is 0.396 e. The average Bonchev–Trinajstić information content (AvgIpc) is 1.65. The van der Waals surface area contributed by atoms with Crippen LogP contribution in [0.5, 0.6) is 0 Å². The van der Waals surface area contributed by atoms with E-state index >= 15 is 0 Å². The number of rotatable bonds is 1. The fraction of sp³-hybridized carbons (Fsp3) is 0.857. The first kappa shape index (κ1) is 22.4. The predicted molar refractivity (Wildman–Crippen MR) is 52.9 cm³/mol. The third kappa shape index (κ3) is 149. The summed E-state index contributed by atoms with van der Waals surface area (Å²) in [5.41, 5.74) is 0. The first-order valence-electron chi connectivity index (χ1n) is 3.02. The summed E-state index contributed by atoms with van der Waals surface area (Å²) in [6, 6.07) is 0. The van der Waals surface area contributed by atoms with Crippen LogP contribution in [0.1, 0.15) is 13.3 Å². The Bertz CT molecular complexity index is 30.0. The predicted octanol–water partition coefficient (Wildman–Crippen LogP) is 1.83. The minimum absolute atomic E-state index is 0. The fourth-order valence-corrected chi connectivity index (χ4v) is 0. The summed E-state index contributed by atoms with van der Waals surface area (Å²) < 4.78 is 0. The van der Waals surface area contributed by atoms with Gasteiger partial charge in [0.2, 0.25) is 0 Å². The molecule has 0 saturated heterocycles. The van der Waals surface area contributed by atoms with Crippen molar-refractivity contribution in [3.63, 3.8) is 0 Å². The molecule has 1 nitrogen and oxygen atoms in total. The van der Waals surface area contributed by atoms with E-state index in [1.807, 2.05) is 6.92 Å². The molecule has 60 valence electrons. The number of aliphatic hydroxyl groups is 1. The van der Waals surface area contributed by atoms with Gasteiger partial charge in [-0.15, -0.1) is 0 Å². The van der Waals surface area contributed by atoms with Gasteiger partial charge in [0.1, 0.15) is 0 Å². The van der Waals surface area contributed by atoms with Gasteiger partial charge in [0.15, 0.2) is 0 Å². The number of aliphatic hydroxyl groups excluding tert-OH is 1. The first-order chi connectivity index (χ1) is 3.65. The van der Waals surface area contributed by atoms with Crippen LogP contribution in [0.15, 0.2) is 0 Å². The molecule has 0 bridgehead atoms. The third-order valence-corrected chi connectivity index (χ3v) is 0.224. The Labute approximate surface area is 84.0 Å². The van der Waals surface area contributed by atoms with Crippen molar-refractivity contribution in [1.82, 2.24) is 0 Å². The number of hydrogen-bond donors (Lipinski definition) is 1. The van der Waals surface area contributed by atoms with Gasteiger partial charge in [-0.3, -0.25) is 8.80 Å². The average molecular weight is 173 g/mol. The van der Waals surface area contributed by atoms with Crippen molar-refractivity contribution in [2.24, 2.45) is 0 Å². The van der Waals surface area contributed by atoms with Crippen molar-refractivity contribution in [3.05, 3.63) is 7.43 Å². The molecule has 0 aromatic heterocycles. The van der Waals surface area contributed by atoms with Gasteiger partial charge < -0.3 is 12.5 Å². The second-order valence-electron chi connectivity index (χ2n) is 2.22. The standard InChI is InChI=1S/C3H8O.C3H9Si.CH3.Mg/c1-2-3-4;1-4(2)3;;/h4H,2-3H2,1H3;1-3H3;1H3;/q;2*-1;+2. The van der Waals surface area contributed by atoms with Crippen molar-refractivity contribution < 1.29 is 5.11 Å². The summed E-state index contributed by atoms with van der Waals surface area (Å²) in [5.74, 6) is 0. The molecule has 0 spiro atoms. The Kier molecular flexibility index (Phi) is 50.5. The van der Waals surface area contributed by atoms with E-state index in [-0.39, 0.29) is 39.3 Å². The summed E-state index contributed by atoms with van der Waals surface area (Å²) in [4.78, 5) is 0. The summed E-state index contributed by atoms with van der Waals surface area (Å²) >= 11 is 0. The molecule has 0 radical (unpaired) electrons. The monoisotopic (exact) mass is 172 g/mol. The van der Waals surface area contributed by atoms with E-state index in [9.17, 15) is 0 Å². The molecule has 3 heteroatoms. The van der Waals surface area contributed by atoms with Gasteiger partial charge in [-0.2, -0.15) is 19.6 Å². The van der Waals surface area contributed by atoms with E-state index in [4.69, 9.17) is 5.11 Å². The van der Waals surface area contributed by atoms with Gasteiger partial charge in [0.25, 0.3) is 0 Å². The molecule has 0 aliphatic carbocycles. The van der Waals surface area contributed by atoms with Gasteiger partial charge in [-0.05, 0) is 6.42 Å². The molecular formula is C7H20MgOSi. The second kappa shape index (κ2) is 22.5. The fourth-order valence-electron chi connectivity index (χ4n) is 0. The normalized spacial score (nSPS) is 6.60. The maximum Gasteiger partial charge on any atom is 2.00 e. The van der Waals surface area contributed by atoms with Crippen molar-refractivity contribution in [2.75, 3.05) is 6.61 Å². The Hall–Kier alpha value is 0.943. The quantitative estimate of drug-likeness (QED) is 0.473. The molecule has 0 amide bonds. The molecule has 0 aromatic rings. The van der Waals surface area contributed by atoms with E-state index in [0.29, 0.717) is 6.61 Å². The SMILES string of the molecule is CCCO.C[Si-](C)C.[CH3-].[Mg+2]. The summed E-state index contributed by atoms with van der Waals surface area (Å²) in [7, 11) is 0.120. The molecule has 0 fully saturated rings. The minimum Gasteiger partial charge on any atom is -0.396 e. The van der Waals surface area contributed by atoms with Gasteiger partial charge in [0.05, 0.1) is 0 Å². The molecule has 1 N–H and O–H groups in total. The van der Waals surface area contributed by atoms with Crippen molar-refractivity contribution >= 4 is 31.8 Å². The molecular weight excluding hydrogens is 152 g/mol. The van der Waals surface area contributed by atoms with Crippen molar-refractivity contribution in [2.45, 2.75) is 33.0 Å². The van der Waals surface area contributed by atoms with E-state index in [0.717, 1.165) is 6.42 Å². The van der Waals surface area contributed by atoms with Crippen LogP contribution in [0.25, 0.3) is 0 Å². The first-order valence-corrected chi connectivity index (χ1v) is 6.02. The summed E-state index contributed by atoms with van der Waals surface area (Å²) in [5, 5.41) is 7.88. The van der Waals surface area contributed by atoms with Crippen molar-refractivity contribution in [1.29, 1.82) is 0 Å². The van der Waals surface area contributed by atoms with Gasteiger partial charge in [0, 0.05) is 6.61 Å². The molecule has 0 aromatic carbocycles. The van der Waals surface area contributed by atoms with E-state index in [1.54, 1.807) is 0 Å². The van der Waals surface area contributed by atoms with Crippen LogP contribution in [0.2, 0.25) is 19.6 Å².